The van der Waals surface area contributed by atoms with Gasteiger partial charge in [-0.2, -0.15) is 5.10 Å². The van der Waals surface area contributed by atoms with Crippen molar-refractivity contribution < 1.29 is 4.52 Å². The lowest BCUT2D eigenvalue weighted by Crippen LogP contribution is -2.36. The first kappa shape index (κ1) is 15.0. The van der Waals surface area contributed by atoms with Crippen LogP contribution in [-0.2, 0) is 13.1 Å². The highest BCUT2D eigenvalue weighted by Gasteiger charge is 2.21. The third kappa shape index (κ3) is 3.62. The first-order chi connectivity index (χ1) is 10.6. The lowest BCUT2D eigenvalue weighted by atomic mass is 9.96. The van der Waals surface area contributed by atoms with E-state index in [4.69, 9.17) is 4.52 Å². The minimum Gasteiger partial charge on any atom is -0.361 e. The molecule has 6 heteroatoms. The third-order valence-electron chi connectivity index (χ3n) is 4.20. The van der Waals surface area contributed by atoms with Crippen LogP contribution in [0, 0.1) is 19.8 Å². The zero-order valence-electron chi connectivity index (χ0n) is 13.2. The molecule has 0 N–H and O–H groups in total. The van der Waals surface area contributed by atoms with Crippen LogP contribution in [0.5, 0.6) is 0 Å². The van der Waals surface area contributed by atoms with E-state index in [1.165, 1.54) is 0 Å². The lowest BCUT2D eigenvalue weighted by Gasteiger charge is -2.31. The van der Waals surface area contributed by atoms with Crippen LogP contribution in [-0.4, -0.2) is 32.9 Å². The summed E-state index contributed by atoms with van der Waals surface area (Å²) in [5.74, 6) is 1.37. The molecule has 2 aromatic heterocycles. The van der Waals surface area contributed by atoms with Gasteiger partial charge < -0.3 is 4.52 Å². The van der Waals surface area contributed by atoms with Gasteiger partial charge in [0.2, 0.25) is 0 Å². The number of rotatable bonds is 4. The second kappa shape index (κ2) is 6.44. The molecule has 3 rings (SSSR count). The molecule has 0 unspecified atom stereocenters. The molecule has 0 atom stereocenters. The number of aryl methyl sites for hydroxylation is 2. The Bertz CT molecular complexity index is 683. The van der Waals surface area contributed by atoms with Crippen molar-refractivity contribution in [3.8, 4) is 0 Å². The van der Waals surface area contributed by atoms with E-state index < -0.39 is 0 Å². The van der Waals surface area contributed by atoms with Crippen LogP contribution in [0.2, 0.25) is 0 Å². The SMILES string of the molecule is Cc1ccc(=O)n(CC2CCN(Cc3cc(C)on3)CC2)n1. The van der Waals surface area contributed by atoms with Crippen molar-refractivity contribution in [2.24, 2.45) is 5.92 Å². The fourth-order valence-electron chi connectivity index (χ4n) is 2.98. The number of hydrogen-bond acceptors (Lipinski definition) is 5. The third-order valence-corrected chi connectivity index (χ3v) is 4.20. The fraction of sp³-hybridized carbons (Fsp3) is 0.562. The van der Waals surface area contributed by atoms with Crippen LogP contribution < -0.4 is 5.56 Å². The van der Waals surface area contributed by atoms with Crippen LogP contribution in [0.1, 0.15) is 30.0 Å². The van der Waals surface area contributed by atoms with E-state index in [-0.39, 0.29) is 5.56 Å². The Morgan fingerprint density at radius 1 is 1.27 bits per heavy atom. The average Bonchev–Trinajstić information content (AvgIpc) is 2.90. The molecule has 2 aromatic rings. The van der Waals surface area contributed by atoms with Gasteiger partial charge in [0.05, 0.1) is 11.4 Å². The molecular formula is C16H22N4O2. The highest BCUT2D eigenvalue weighted by Crippen LogP contribution is 2.20. The van der Waals surface area contributed by atoms with E-state index in [0.29, 0.717) is 5.92 Å². The predicted octanol–water partition coefficient (Wildman–Crippen LogP) is 1.76. The van der Waals surface area contributed by atoms with Crippen molar-refractivity contribution >= 4 is 0 Å². The molecule has 118 valence electrons. The van der Waals surface area contributed by atoms with Gasteiger partial charge >= 0.3 is 0 Å². The molecule has 1 aliphatic rings. The molecule has 0 radical (unpaired) electrons. The van der Waals surface area contributed by atoms with Gasteiger partial charge in [0.15, 0.2) is 0 Å². The van der Waals surface area contributed by atoms with Crippen molar-refractivity contribution in [2.45, 2.75) is 39.8 Å². The number of hydrogen-bond donors (Lipinski definition) is 0. The first-order valence-corrected chi connectivity index (χ1v) is 7.79. The standard InChI is InChI=1S/C16H22N4O2/c1-12-3-4-16(21)20(17-12)10-14-5-7-19(8-6-14)11-15-9-13(2)22-18-15/h3-4,9,14H,5-8,10-11H2,1-2H3. The van der Waals surface area contributed by atoms with Crippen molar-refractivity contribution in [1.29, 1.82) is 0 Å². The molecule has 22 heavy (non-hydrogen) atoms. The highest BCUT2D eigenvalue weighted by molar-refractivity contribution is 5.03. The highest BCUT2D eigenvalue weighted by atomic mass is 16.5. The van der Waals surface area contributed by atoms with Crippen molar-refractivity contribution in [3.63, 3.8) is 0 Å². The predicted molar refractivity (Wildman–Crippen MR) is 82.5 cm³/mol. The quantitative estimate of drug-likeness (QED) is 0.861. The molecule has 0 bridgehead atoms. The molecule has 0 aliphatic carbocycles. The van der Waals surface area contributed by atoms with Crippen LogP contribution in [0.15, 0.2) is 27.5 Å². The summed E-state index contributed by atoms with van der Waals surface area (Å²) in [7, 11) is 0. The van der Waals surface area contributed by atoms with Crippen LogP contribution in [0.4, 0.5) is 0 Å². The summed E-state index contributed by atoms with van der Waals surface area (Å²) in [5.41, 5.74) is 1.87. The first-order valence-electron chi connectivity index (χ1n) is 7.79. The monoisotopic (exact) mass is 302 g/mol. The summed E-state index contributed by atoms with van der Waals surface area (Å²) >= 11 is 0. The van der Waals surface area contributed by atoms with Crippen LogP contribution in [0.3, 0.4) is 0 Å². The van der Waals surface area contributed by atoms with Gasteiger partial charge in [-0.3, -0.25) is 9.69 Å². The molecular weight excluding hydrogens is 280 g/mol. The zero-order chi connectivity index (χ0) is 15.5. The van der Waals surface area contributed by atoms with E-state index in [9.17, 15) is 4.79 Å². The summed E-state index contributed by atoms with van der Waals surface area (Å²) < 4.78 is 6.72. The van der Waals surface area contributed by atoms with E-state index >= 15 is 0 Å². The minimum atomic E-state index is -0.00824. The van der Waals surface area contributed by atoms with Crippen LogP contribution >= 0.6 is 0 Å². The molecule has 0 saturated carbocycles. The number of piperidine rings is 1. The zero-order valence-corrected chi connectivity index (χ0v) is 13.2. The van der Waals surface area contributed by atoms with Gasteiger partial charge in [0.25, 0.3) is 5.56 Å². The molecule has 1 saturated heterocycles. The van der Waals surface area contributed by atoms with Gasteiger partial charge in [0, 0.05) is 25.2 Å². The maximum Gasteiger partial charge on any atom is 0.266 e. The summed E-state index contributed by atoms with van der Waals surface area (Å²) in [4.78, 5) is 14.2. The smallest absolute Gasteiger partial charge is 0.266 e. The molecule has 6 nitrogen and oxygen atoms in total. The van der Waals surface area contributed by atoms with E-state index in [1.54, 1.807) is 16.8 Å². The van der Waals surface area contributed by atoms with Crippen molar-refractivity contribution in [1.82, 2.24) is 19.8 Å². The van der Waals surface area contributed by atoms with Gasteiger partial charge in [-0.05, 0) is 51.8 Å². The van der Waals surface area contributed by atoms with Crippen molar-refractivity contribution in [2.75, 3.05) is 13.1 Å². The molecule has 1 fully saturated rings. The minimum absolute atomic E-state index is 0.00824. The average molecular weight is 302 g/mol. The number of aromatic nitrogens is 3. The maximum absolute atomic E-state index is 11.8. The Balaban J connectivity index is 1.53. The summed E-state index contributed by atoms with van der Waals surface area (Å²) in [6.07, 6.45) is 2.16. The Morgan fingerprint density at radius 2 is 2.05 bits per heavy atom. The lowest BCUT2D eigenvalue weighted by molar-refractivity contribution is 0.160. The summed E-state index contributed by atoms with van der Waals surface area (Å²) in [5, 5.41) is 8.37. The molecule has 0 aromatic carbocycles. The van der Waals surface area contributed by atoms with Gasteiger partial charge in [0.1, 0.15) is 5.76 Å². The molecule has 0 amide bonds. The second-order valence-corrected chi connectivity index (χ2v) is 6.14. The Labute approximate surface area is 129 Å². The van der Waals surface area contributed by atoms with Gasteiger partial charge in [-0.15, -0.1) is 0 Å². The van der Waals surface area contributed by atoms with E-state index in [1.807, 2.05) is 19.9 Å². The van der Waals surface area contributed by atoms with Gasteiger partial charge in [-0.1, -0.05) is 5.16 Å². The second-order valence-electron chi connectivity index (χ2n) is 6.14. The van der Waals surface area contributed by atoms with Gasteiger partial charge in [-0.25, -0.2) is 4.68 Å². The normalized spacial score (nSPS) is 17.0. The molecule has 3 heterocycles. The Hall–Kier alpha value is -1.95. The maximum atomic E-state index is 11.8. The topological polar surface area (TPSA) is 64.2 Å². The Morgan fingerprint density at radius 3 is 2.73 bits per heavy atom. The van der Waals surface area contributed by atoms with Crippen LogP contribution in [0.25, 0.3) is 0 Å². The van der Waals surface area contributed by atoms with E-state index in [0.717, 1.165) is 56.2 Å². The fourth-order valence-corrected chi connectivity index (χ4v) is 2.98. The summed E-state index contributed by atoms with van der Waals surface area (Å²) in [6, 6.07) is 5.36. The summed E-state index contributed by atoms with van der Waals surface area (Å²) in [6.45, 7) is 7.44. The Kier molecular flexibility index (Phi) is 4.38. The largest absolute Gasteiger partial charge is 0.361 e. The number of nitrogens with zero attached hydrogens (tertiary/aromatic N) is 4. The molecule has 0 spiro atoms. The van der Waals surface area contributed by atoms with E-state index in [2.05, 4.69) is 15.2 Å². The molecule has 1 aliphatic heterocycles. The number of likely N-dealkylation sites (tertiary alicyclic amines) is 1. The van der Waals surface area contributed by atoms with Crippen molar-refractivity contribution in [3.05, 3.63) is 45.7 Å².